The summed E-state index contributed by atoms with van der Waals surface area (Å²) >= 11 is 0. The number of carbonyl (C=O) groups excluding carboxylic acids is 1. The number of aliphatic hydroxyl groups excluding tert-OH is 2. The van der Waals surface area contributed by atoms with Crippen molar-refractivity contribution in [2.75, 3.05) is 6.61 Å². The lowest BCUT2D eigenvalue weighted by Gasteiger charge is -2.19. The van der Waals surface area contributed by atoms with E-state index in [1.807, 2.05) is 6.08 Å². The van der Waals surface area contributed by atoms with Gasteiger partial charge < -0.3 is 15.5 Å². The molecule has 1 amide bonds. The Morgan fingerprint density at radius 2 is 1.07 bits per heavy atom. The molecule has 41 heavy (non-hydrogen) atoms. The normalized spacial score (nSPS) is 14.0. The van der Waals surface area contributed by atoms with E-state index >= 15 is 0 Å². The molecule has 0 heterocycles. The molecular weight excluding hydrogens is 506 g/mol. The van der Waals surface area contributed by atoms with Crippen LogP contribution in [0.15, 0.2) is 60.8 Å². The molecule has 2 atom stereocenters. The summed E-state index contributed by atoms with van der Waals surface area (Å²) in [6.07, 6.45) is 44.4. The average Bonchev–Trinajstić information content (AvgIpc) is 2.97. The van der Waals surface area contributed by atoms with E-state index in [2.05, 4.69) is 67.8 Å². The van der Waals surface area contributed by atoms with Crippen LogP contribution in [0.25, 0.3) is 0 Å². The smallest absolute Gasteiger partial charge is 0.220 e. The summed E-state index contributed by atoms with van der Waals surface area (Å²) in [4.78, 5) is 12.3. The third kappa shape index (κ3) is 29.4. The number of aliphatic hydroxyl groups is 2. The second kappa shape index (κ2) is 32.6. The number of nitrogens with one attached hydrogen (secondary N) is 1. The van der Waals surface area contributed by atoms with Crippen LogP contribution in [0, 0.1) is 0 Å². The highest BCUT2D eigenvalue weighted by molar-refractivity contribution is 5.76. The maximum Gasteiger partial charge on any atom is 0.220 e. The van der Waals surface area contributed by atoms with E-state index in [9.17, 15) is 15.0 Å². The summed E-state index contributed by atoms with van der Waals surface area (Å²) < 4.78 is 0. The van der Waals surface area contributed by atoms with Crippen LogP contribution < -0.4 is 5.32 Å². The summed E-state index contributed by atoms with van der Waals surface area (Å²) in [5, 5.41) is 22.8. The quantitative estimate of drug-likeness (QED) is 0.0618. The van der Waals surface area contributed by atoms with Gasteiger partial charge >= 0.3 is 0 Å². The van der Waals surface area contributed by atoms with Gasteiger partial charge in [0.1, 0.15) is 0 Å². The summed E-state index contributed by atoms with van der Waals surface area (Å²) in [6, 6.07) is -0.643. The first-order valence-corrected chi connectivity index (χ1v) is 17.0. The third-order valence-electron chi connectivity index (χ3n) is 7.26. The van der Waals surface area contributed by atoms with Gasteiger partial charge in [-0.2, -0.15) is 0 Å². The Morgan fingerprint density at radius 1 is 0.610 bits per heavy atom. The molecule has 0 rings (SSSR count). The van der Waals surface area contributed by atoms with Crippen molar-refractivity contribution >= 4 is 5.91 Å². The molecule has 0 saturated heterocycles. The van der Waals surface area contributed by atoms with E-state index in [0.29, 0.717) is 6.42 Å². The second-order valence-electron chi connectivity index (χ2n) is 11.2. The summed E-state index contributed by atoms with van der Waals surface area (Å²) in [6.45, 7) is 4.15. The highest BCUT2D eigenvalue weighted by atomic mass is 16.3. The number of amides is 1. The van der Waals surface area contributed by atoms with Crippen LogP contribution >= 0.6 is 0 Å². The molecule has 0 spiro atoms. The molecule has 0 radical (unpaired) electrons. The molecule has 0 saturated carbocycles. The highest BCUT2D eigenvalue weighted by Gasteiger charge is 2.17. The Bertz CT molecular complexity index is 707. The summed E-state index contributed by atoms with van der Waals surface area (Å²) in [7, 11) is 0. The number of unbranched alkanes of at least 4 members (excludes halogenated alkanes) is 14. The van der Waals surface area contributed by atoms with Gasteiger partial charge in [0.25, 0.3) is 0 Å². The Labute approximate surface area is 254 Å². The first kappa shape index (κ1) is 39.1. The Kier molecular flexibility index (Phi) is 31.1. The standard InChI is InChI=1S/C37H65NO3/c1-3-5-7-9-11-13-15-17-19-21-23-25-27-29-31-33-37(41)38-35(34-39)36(40)32-30-28-26-24-22-20-18-16-14-12-10-8-6-4-2/h5,7,11,13,17,19,23,25,30,32,35-36,39-40H,3-4,6,8-10,12,14-16,18,20-22,24,26-29,31,33-34H2,1-2H3,(H,38,41)/b7-5-,13-11-,19-17-,25-23-,32-30+. The SMILES string of the molecule is CC/C=C\C/C=C\C/C=C\C/C=C\CCCCC(=O)NC(CO)C(O)/C=C/CCCCCCCCCCCCCC. The largest absolute Gasteiger partial charge is 0.394 e. The molecular formula is C37H65NO3. The molecule has 0 aromatic rings. The zero-order valence-corrected chi connectivity index (χ0v) is 26.8. The molecule has 3 N–H and O–H groups in total. The molecule has 0 aliphatic rings. The molecule has 0 bridgehead atoms. The van der Waals surface area contributed by atoms with Gasteiger partial charge in [-0.05, 0) is 57.8 Å². The lowest BCUT2D eigenvalue weighted by atomic mass is 10.0. The lowest BCUT2D eigenvalue weighted by molar-refractivity contribution is -0.123. The van der Waals surface area contributed by atoms with Crippen LogP contribution in [0.5, 0.6) is 0 Å². The van der Waals surface area contributed by atoms with E-state index < -0.39 is 12.1 Å². The minimum absolute atomic E-state index is 0.109. The molecule has 0 aliphatic carbocycles. The van der Waals surface area contributed by atoms with Crippen LogP contribution in [0.3, 0.4) is 0 Å². The van der Waals surface area contributed by atoms with E-state index in [-0.39, 0.29) is 12.5 Å². The van der Waals surface area contributed by atoms with Gasteiger partial charge in [0.15, 0.2) is 0 Å². The zero-order valence-electron chi connectivity index (χ0n) is 26.8. The Hall–Kier alpha value is -1.91. The molecule has 0 aromatic carbocycles. The number of hydrogen-bond donors (Lipinski definition) is 3. The van der Waals surface area contributed by atoms with Crippen molar-refractivity contribution < 1.29 is 15.0 Å². The number of allylic oxidation sites excluding steroid dienone is 9. The Balaban J connectivity index is 3.77. The van der Waals surface area contributed by atoms with E-state index in [1.54, 1.807) is 6.08 Å². The summed E-state index contributed by atoms with van der Waals surface area (Å²) in [5.41, 5.74) is 0. The monoisotopic (exact) mass is 571 g/mol. The highest BCUT2D eigenvalue weighted by Crippen LogP contribution is 2.13. The van der Waals surface area contributed by atoms with Crippen LogP contribution in [-0.4, -0.2) is 34.9 Å². The van der Waals surface area contributed by atoms with Crippen molar-refractivity contribution in [1.82, 2.24) is 5.32 Å². The molecule has 2 unspecified atom stereocenters. The fourth-order valence-electron chi connectivity index (χ4n) is 4.64. The van der Waals surface area contributed by atoms with Gasteiger partial charge in [-0.25, -0.2) is 0 Å². The fraction of sp³-hybridized carbons (Fsp3) is 0.703. The Morgan fingerprint density at radius 3 is 1.61 bits per heavy atom. The maximum absolute atomic E-state index is 12.3. The average molecular weight is 572 g/mol. The van der Waals surface area contributed by atoms with Crippen LogP contribution in [-0.2, 0) is 4.79 Å². The molecule has 0 fully saturated rings. The predicted octanol–water partition coefficient (Wildman–Crippen LogP) is 9.84. The van der Waals surface area contributed by atoms with Gasteiger partial charge in [0, 0.05) is 6.42 Å². The molecule has 0 aliphatic heterocycles. The summed E-state index contributed by atoms with van der Waals surface area (Å²) in [5.74, 6) is -0.109. The lowest BCUT2D eigenvalue weighted by Crippen LogP contribution is -2.45. The van der Waals surface area contributed by atoms with E-state index in [1.165, 1.54) is 70.6 Å². The second-order valence-corrected chi connectivity index (χ2v) is 11.2. The van der Waals surface area contributed by atoms with Crippen LogP contribution in [0.2, 0.25) is 0 Å². The fourth-order valence-corrected chi connectivity index (χ4v) is 4.64. The van der Waals surface area contributed by atoms with Crippen molar-refractivity contribution in [3.8, 4) is 0 Å². The van der Waals surface area contributed by atoms with Crippen molar-refractivity contribution in [3.63, 3.8) is 0 Å². The van der Waals surface area contributed by atoms with Gasteiger partial charge in [0.05, 0.1) is 18.8 Å². The first-order chi connectivity index (χ1) is 20.2. The van der Waals surface area contributed by atoms with Gasteiger partial charge in [-0.15, -0.1) is 0 Å². The van der Waals surface area contributed by atoms with Gasteiger partial charge in [0.2, 0.25) is 5.91 Å². The van der Waals surface area contributed by atoms with E-state index in [0.717, 1.165) is 57.8 Å². The van der Waals surface area contributed by atoms with Crippen molar-refractivity contribution in [2.45, 2.75) is 161 Å². The number of carbonyl (C=O) groups is 1. The molecule has 236 valence electrons. The molecule has 0 aromatic heterocycles. The maximum atomic E-state index is 12.3. The zero-order chi connectivity index (χ0) is 30.1. The van der Waals surface area contributed by atoms with Gasteiger partial charge in [-0.3, -0.25) is 4.79 Å². The minimum Gasteiger partial charge on any atom is -0.394 e. The predicted molar refractivity (Wildman–Crippen MR) is 179 cm³/mol. The van der Waals surface area contributed by atoms with Crippen molar-refractivity contribution in [3.05, 3.63) is 60.8 Å². The third-order valence-corrected chi connectivity index (χ3v) is 7.26. The number of rotatable bonds is 29. The van der Waals surface area contributed by atoms with Crippen LogP contribution in [0.4, 0.5) is 0 Å². The first-order valence-electron chi connectivity index (χ1n) is 17.0. The van der Waals surface area contributed by atoms with Crippen molar-refractivity contribution in [1.29, 1.82) is 0 Å². The minimum atomic E-state index is -0.856. The number of hydrogen-bond acceptors (Lipinski definition) is 3. The molecule has 4 heteroatoms. The molecule has 4 nitrogen and oxygen atoms in total. The van der Waals surface area contributed by atoms with Gasteiger partial charge in [-0.1, -0.05) is 145 Å². The van der Waals surface area contributed by atoms with Crippen molar-refractivity contribution in [2.24, 2.45) is 0 Å². The van der Waals surface area contributed by atoms with Crippen LogP contribution in [0.1, 0.15) is 149 Å². The topological polar surface area (TPSA) is 69.6 Å². The van der Waals surface area contributed by atoms with E-state index in [4.69, 9.17) is 0 Å².